The first-order chi connectivity index (χ1) is 9.25. The van der Waals surface area contributed by atoms with E-state index in [9.17, 15) is 0 Å². The summed E-state index contributed by atoms with van der Waals surface area (Å²) in [6.45, 7) is 3.12. The van der Waals surface area contributed by atoms with Crippen LogP contribution >= 0.6 is 23.4 Å². The molecule has 2 rings (SSSR count). The smallest absolute Gasteiger partial charge is 0.0426 e. The molecule has 0 saturated heterocycles. The van der Waals surface area contributed by atoms with Gasteiger partial charge in [-0.25, -0.2) is 0 Å². The van der Waals surface area contributed by atoms with Gasteiger partial charge in [0.2, 0.25) is 0 Å². The number of rotatable bonds is 6. The zero-order chi connectivity index (χ0) is 13.5. The molecule has 1 nitrogen and oxygen atoms in total. The Hall–Kier alpha value is -1.12. The zero-order valence-corrected chi connectivity index (χ0v) is 12.6. The SMILES string of the molecule is Cc1ccccc1CSCCNc1cccc(Cl)c1. The van der Waals surface area contributed by atoms with Crippen molar-refractivity contribution < 1.29 is 0 Å². The van der Waals surface area contributed by atoms with Crippen LogP contribution in [0.1, 0.15) is 11.1 Å². The molecule has 19 heavy (non-hydrogen) atoms. The maximum Gasteiger partial charge on any atom is 0.0426 e. The number of hydrogen-bond acceptors (Lipinski definition) is 2. The predicted molar refractivity (Wildman–Crippen MR) is 87.3 cm³/mol. The summed E-state index contributed by atoms with van der Waals surface area (Å²) >= 11 is 7.89. The summed E-state index contributed by atoms with van der Waals surface area (Å²) in [6.07, 6.45) is 0. The largest absolute Gasteiger partial charge is 0.384 e. The van der Waals surface area contributed by atoms with Gasteiger partial charge in [0.1, 0.15) is 0 Å². The lowest BCUT2D eigenvalue weighted by Gasteiger charge is -2.08. The third-order valence-electron chi connectivity index (χ3n) is 2.92. The highest BCUT2D eigenvalue weighted by molar-refractivity contribution is 7.98. The molecule has 0 unspecified atom stereocenters. The second-order valence-electron chi connectivity index (χ2n) is 4.42. The molecule has 2 aromatic carbocycles. The molecule has 0 aliphatic carbocycles. The van der Waals surface area contributed by atoms with Crippen LogP contribution in [0.3, 0.4) is 0 Å². The maximum atomic E-state index is 5.94. The van der Waals surface area contributed by atoms with Gasteiger partial charge in [0.25, 0.3) is 0 Å². The van der Waals surface area contributed by atoms with Crippen LogP contribution in [-0.2, 0) is 5.75 Å². The Bertz CT molecular complexity index is 528. The van der Waals surface area contributed by atoms with Crippen LogP contribution < -0.4 is 5.32 Å². The van der Waals surface area contributed by atoms with E-state index in [0.29, 0.717) is 0 Å². The molecule has 3 heteroatoms. The van der Waals surface area contributed by atoms with Gasteiger partial charge in [0.15, 0.2) is 0 Å². The molecule has 0 amide bonds. The van der Waals surface area contributed by atoms with Gasteiger partial charge in [-0.3, -0.25) is 0 Å². The number of hydrogen-bond donors (Lipinski definition) is 1. The molecule has 100 valence electrons. The molecule has 0 aromatic heterocycles. The first-order valence-corrected chi connectivity index (χ1v) is 7.90. The zero-order valence-electron chi connectivity index (χ0n) is 11.0. The monoisotopic (exact) mass is 291 g/mol. The standard InChI is InChI=1S/C16H18ClNS/c1-13-5-2-3-6-14(13)12-19-10-9-18-16-8-4-7-15(17)11-16/h2-8,11,18H,9-10,12H2,1H3. The molecule has 0 heterocycles. The topological polar surface area (TPSA) is 12.0 Å². The lowest BCUT2D eigenvalue weighted by molar-refractivity contribution is 1.22. The van der Waals surface area contributed by atoms with E-state index < -0.39 is 0 Å². The number of halogens is 1. The van der Waals surface area contributed by atoms with Crippen molar-refractivity contribution in [1.82, 2.24) is 0 Å². The fourth-order valence-corrected chi connectivity index (χ4v) is 2.94. The average molecular weight is 292 g/mol. The average Bonchev–Trinajstić information content (AvgIpc) is 2.40. The fourth-order valence-electron chi connectivity index (χ4n) is 1.82. The van der Waals surface area contributed by atoms with Crippen LogP contribution in [0, 0.1) is 6.92 Å². The van der Waals surface area contributed by atoms with Gasteiger partial charge >= 0.3 is 0 Å². The molecule has 1 N–H and O–H groups in total. The second kappa shape index (κ2) is 7.46. The molecule has 0 fully saturated rings. The highest BCUT2D eigenvalue weighted by Gasteiger charge is 1.97. The predicted octanol–water partition coefficient (Wildman–Crippen LogP) is 4.99. The van der Waals surface area contributed by atoms with Crippen LogP contribution in [0.25, 0.3) is 0 Å². The molecule has 0 bridgehead atoms. The van der Waals surface area contributed by atoms with Crippen LogP contribution in [-0.4, -0.2) is 12.3 Å². The summed E-state index contributed by atoms with van der Waals surface area (Å²) in [7, 11) is 0. The summed E-state index contributed by atoms with van der Waals surface area (Å²) in [4.78, 5) is 0. The molecule has 2 aromatic rings. The fraction of sp³-hybridized carbons (Fsp3) is 0.250. The van der Waals surface area contributed by atoms with Gasteiger partial charge in [-0.15, -0.1) is 0 Å². The quantitative estimate of drug-likeness (QED) is 0.752. The van der Waals surface area contributed by atoms with Gasteiger partial charge in [-0.1, -0.05) is 41.9 Å². The maximum absolute atomic E-state index is 5.94. The van der Waals surface area contributed by atoms with E-state index in [2.05, 4.69) is 36.5 Å². The van der Waals surface area contributed by atoms with Crippen LogP contribution in [0.2, 0.25) is 5.02 Å². The highest BCUT2D eigenvalue weighted by atomic mass is 35.5. The van der Waals surface area contributed by atoms with Crippen molar-refractivity contribution in [2.75, 3.05) is 17.6 Å². The molecule has 0 spiro atoms. The van der Waals surface area contributed by atoms with Gasteiger partial charge in [0.05, 0.1) is 0 Å². The Morgan fingerprint density at radius 3 is 2.74 bits per heavy atom. The third-order valence-corrected chi connectivity index (χ3v) is 4.16. The molecular weight excluding hydrogens is 274 g/mol. The number of thioether (sulfide) groups is 1. The Morgan fingerprint density at radius 1 is 1.11 bits per heavy atom. The van der Waals surface area contributed by atoms with E-state index in [-0.39, 0.29) is 0 Å². The summed E-state index contributed by atoms with van der Waals surface area (Å²) < 4.78 is 0. The van der Waals surface area contributed by atoms with Crippen molar-refractivity contribution in [2.45, 2.75) is 12.7 Å². The van der Waals surface area contributed by atoms with Gasteiger partial charge in [-0.05, 0) is 36.2 Å². The first kappa shape index (κ1) is 14.3. The Morgan fingerprint density at radius 2 is 1.95 bits per heavy atom. The van der Waals surface area contributed by atoms with Crippen molar-refractivity contribution in [3.63, 3.8) is 0 Å². The van der Waals surface area contributed by atoms with Crippen molar-refractivity contribution in [2.24, 2.45) is 0 Å². The molecule has 0 radical (unpaired) electrons. The Kier molecular flexibility index (Phi) is 5.62. The van der Waals surface area contributed by atoms with Crippen molar-refractivity contribution in [1.29, 1.82) is 0 Å². The summed E-state index contributed by atoms with van der Waals surface area (Å²) in [6, 6.07) is 16.4. The minimum absolute atomic E-state index is 0.776. The third kappa shape index (κ3) is 4.81. The first-order valence-electron chi connectivity index (χ1n) is 6.37. The molecular formula is C16H18ClNS. The minimum atomic E-state index is 0.776. The Balaban J connectivity index is 1.69. The van der Waals surface area contributed by atoms with E-state index >= 15 is 0 Å². The van der Waals surface area contributed by atoms with Crippen molar-refractivity contribution in [3.05, 3.63) is 64.7 Å². The van der Waals surface area contributed by atoms with Crippen LogP contribution in [0.5, 0.6) is 0 Å². The molecule has 0 saturated carbocycles. The second-order valence-corrected chi connectivity index (χ2v) is 5.96. The van der Waals surface area contributed by atoms with Crippen LogP contribution in [0.15, 0.2) is 48.5 Å². The normalized spacial score (nSPS) is 10.4. The van der Waals surface area contributed by atoms with Gasteiger partial charge in [-0.2, -0.15) is 11.8 Å². The van der Waals surface area contributed by atoms with E-state index in [1.807, 2.05) is 36.0 Å². The van der Waals surface area contributed by atoms with E-state index in [1.165, 1.54) is 11.1 Å². The molecule has 0 aliphatic heterocycles. The van der Waals surface area contributed by atoms with Crippen molar-refractivity contribution >= 4 is 29.1 Å². The van der Waals surface area contributed by atoms with Crippen LogP contribution in [0.4, 0.5) is 5.69 Å². The molecule has 0 aliphatic rings. The lowest BCUT2D eigenvalue weighted by Crippen LogP contribution is -2.04. The van der Waals surface area contributed by atoms with E-state index in [1.54, 1.807) is 0 Å². The number of anilines is 1. The van der Waals surface area contributed by atoms with Gasteiger partial charge < -0.3 is 5.32 Å². The number of aryl methyl sites for hydroxylation is 1. The Labute approximate surface area is 124 Å². The number of nitrogens with one attached hydrogen (secondary N) is 1. The highest BCUT2D eigenvalue weighted by Crippen LogP contribution is 2.17. The lowest BCUT2D eigenvalue weighted by atomic mass is 10.1. The van der Waals surface area contributed by atoms with E-state index in [0.717, 1.165) is 28.8 Å². The summed E-state index contributed by atoms with van der Waals surface area (Å²) in [5.74, 6) is 2.16. The summed E-state index contributed by atoms with van der Waals surface area (Å²) in [5.41, 5.74) is 3.89. The van der Waals surface area contributed by atoms with Crippen molar-refractivity contribution in [3.8, 4) is 0 Å². The number of benzene rings is 2. The summed E-state index contributed by atoms with van der Waals surface area (Å²) in [5, 5.41) is 4.16. The van der Waals surface area contributed by atoms with Gasteiger partial charge in [0, 0.05) is 28.8 Å². The minimum Gasteiger partial charge on any atom is -0.384 e. The molecule has 0 atom stereocenters. The van der Waals surface area contributed by atoms with E-state index in [4.69, 9.17) is 11.6 Å².